The summed E-state index contributed by atoms with van der Waals surface area (Å²) in [7, 11) is 0. The van der Waals surface area contributed by atoms with Crippen LogP contribution in [-0.2, 0) is 0 Å². The maximum absolute atomic E-state index is 12.9. The fourth-order valence-corrected chi connectivity index (χ4v) is 2.87. The molecule has 0 aromatic heterocycles. The van der Waals surface area contributed by atoms with E-state index in [0.717, 1.165) is 19.3 Å². The molecule has 1 fully saturated rings. The fourth-order valence-electron chi connectivity index (χ4n) is 2.87. The largest absolute Gasteiger partial charge is 0.392 e. The van der Waals surface area contributed by atoms with Gasteiger partial charge < -0.3 is 10.4 Å². The van der Waals surface area contributed by atoms with Gasteiger partial charge in [0.1, 0.15) is 5.82 Å². The van der Waals surface area contributed by atoms with E-state index in [1.807, 2.05) is 12.1 Å². The molecule has 2 rings (SSSR count). The molecule has 0 aliphatic heterocycles. The number of rotatable bonds is 5. The number of halogens is 1. The summed E-state index contributed by atoms with van der Waals surface area (Å²) in [5, 5.41) is 13.4. The lowest BCUT2D eigenvalue weighted by molar-refractivity contribution is 0.110. The Labute approximate surface area is 121 Å². The maximum atomic E-state index is 12.9. The Morgan fingerprint density at radius 3 is 2.40 bits per heavy atom. The molecule has 3 heteroatoms. The lowest BCUT2D eigenvalue weighted by Crippen LogP contribution is -2.44. The standard InChI is InChI=1S/C17H26FNO/c1-17(2,3)10-16(20)11-19-15-8-13(9-15)12-4-6-14(18)7-5-12/h4-7,13,15-16,19-20H,8-11H2,1-3H3. The Morgan fingerprint density at radius 2 is 1.85 bits per heavy atom. The van der Waals surface area contributed by atoms with Crippen molar-refractivity contribution < 1.29 is 9.50 Å². The highest BCUT2D eigenvalue weighted by molar-refractivity contribution is 5.23. The van der Waals surface area contributed by atoms with E-state index in [0.29, 0.717) is 18.5 Å². The van der Waals surface area contributed by atoms with Crippen molar-refractivity contribution in [2.75, 3.05) is 6.54 Å². The minimum absolute atomic E-state index is 0.164. The molecule has 1 aromatic carbocycles. The van der Waals surface area contributed by atoms with Gasteiger partial charge in [-0.3, -0.25) is 0 Å². The predicted molar refractivity (Wildman–Crippen MR) is 80.2 cm³/mol. The summed E-state index contributed by atoms with van der Waals surface area (Å²) in [4.78, 5) is 0. The van der Waals surface area contributed by atoms with Crippen LogP contribution in [-0.4, -0.2) is 23.8 Å². The zero-order valence-corrected chi connectivity index (χ0v) is 12.7. The van der Waals surface area contributed by atoms with Gasteiger partial charge >= 0.3 is 0 Å². The number of hydrogen-bond acceptors (Lipinski definition) is 2. The second-order valence-electron chi connectivity index (χ2n) is 7.24. The molecule has 20 heavy (non-hydrogen) atoms. The van der Waals surface area contributed by atoms with Crippen molar-refractivity contribution in [2.24, 2.45) is 5.41 Å². The Kier molecular flexibility index (Phi) is 4.82. The monoisotopic (exact) mass is 279 g/mol. The lowest BCUT2D eigenvalue weighted by Gasteiger charge is -2.37. The zero-order chi connectivity index (χ0) is 14.8. The molecule has 2 nitrogen and oxygen atoms in total. The van der Waals surface area contributed by atoms with Crippen LogP contribution in [0.25, 0.3) is 0 Å². The van der Waals surface area contributed by atoms with E-state index < -0.39 is 0 Å². The zero-order valence-electron chi connectivity index (χ0n) is 12.7. The first-order chi connectivity index (χ1) is 9.33. The van der Waals surface area contributed by atoms with Crippen LogP contribution in [0.15, 0.2) is 24.3 Å². The molecule has 1 atom stereocenters. The van der Waals surface area contributed by atoms with E-state index >= 15 is 0 Å². The lowest BCUT2D eigenvalue weighted by atomic mass is 9.76. The average molecular weight is 279 g/mol. The minimum Gasteiger partial charge on any atom is -0.392 e. The third-order valence-corrected chi connectivity index (χ3v) is 3.97. The van der Waals surface area contributed by atoms with Crippen molar-refractivity contribution in [1.82, 2.24) is 5.32 Å². The third kappa shape index (κ3) is 4.57. The van der Waals surface area contributed by atoms with Gasteiger partial charge in [-0.15, -0.1) is 0 Å². The number of hydrogen-bond donors (Lipinski definition) is 2. The van der Waals surface area contributed by atoms with Gasteiger partial charge in [-0.25, -0.2) is 4.39 Å². The maximum Gasteiger partial charge on any atom is 0.123 e. The topological polar surface area (TPSA) is 32.3 Å². The fraction of sp³-hybridized carbons (Fsp3) is 0.647. The highest BCUT2D eigenvalue weighted by Gasteiger charge is 2.30. The van der Waals surface area contributed by atoms with Gasteiger partial charge in [0.15, 0.2) is 0 Å². The van der Waals surface area contributed by atoms with Crippen LogP contribution < -0.4 is 5.32 Å². The number of benzene rings is 1. The van der Waals surface area contributed by atoms with Gasteiger partial charge in [-0.05, 0) is 48.3 Å². The summed E-state index contributed by atoms with van der Waals surface area (Å²) in [5.41, 5.74) is 1.39. The molecule has 0 amide bonds. The van der Waals surface area contributed by atoms with Crippen LogP contribution in [0.2, 0.25) is 0 Å². The highest BCUT2D eigenvalue weighted by atomic mass is 19.1. The third-order valence-electron chi connectivity index (χ3n) is 3.97. The van der Waals surface area contributed by atoms with Gasteiger partial charge in [-0.1, -0.05) is 32.9 Å². The van der Waals surface area contributed by atoms with E-state index in [1.54, 1.807) is 0 Å². The van der Waals surface area contributed by atoms with E-state index in [-0.39, 0.29) is 17.3 Å². The quantitative estimate of drug-likeness (QED) is 0.865. The van der Waals surface area contributed by atoms with Crippen molar-refractivity contribution >= 4 is 0 Å². The Balaban J connectivity index is 1.68. The van der Waals surface area contributed by atoms with Crippen molar-refractivity contribution in [3.8, 4) is 0 Å². The number of aliphatic hydroxyl groups is 1. The first kappa shape index (κ1) is 15.5. The van der Waals surface area contributed by atoms with Gasteiger partial charge in [0.25, 0.3) is 0 Å². The molecule has 0 radical (unpaired) electrons. The Morgan fingerprint density at radius 1 is 1.25 bits per heavy atom. The first-order valence-corrected chi connectivity index (χ1v) is 7.50. The molecular weight excluding hydrogens is 253 g/mol. The number of aliphatic hydroxyl groups excluding tert-OH is 1. The van der Waals surface area contributed by atoms with Crippen LogP contribution in [0.5, 0.6) is 0 Å². The van der Waals surface area contributed by atoms with Gasteiger partial charge in [0.05, 0.1) is 6.10 Å². The average Bonchev–Trinajstić information content (AvgIpc) is 2.27. The molecule has 2 N–H and O–H groups in total. The molecule has 0 bridgehead atoms. The summed E-state index contributed by atoms with van der Waals surface area (Å²) in [6.45, 7) is 7.09. The number of nitrogens with one attached hydrogen (secondary N) is 1. The second kappa shape index (κ2) is 6.23. The molecule has 1 aliphatic carbocycles. The highest BCUT2D eigenvalue weighted by Crippen LogP contribution is 2.36. The Hall–Kier alpha value is -0.930. The molecule has 112 valence electrons. The van der Waals surface area contributed by atoms with Gasteiger partial charge in [0, 0.05) is 12.6 Å². The van der Waals surface area contributed by atoms with E-state index in [4.69, 9.17) is 0 Å². The summed E-state index contributed by atoms with van der Waals surface area (Å²) in [6.07, 6.45) is 2.69. The van der Waals surface area contributed by atoms with Gasteiger partial charge in [0.2, 0.25) is 0 Å². The molecule has 1 aromatic rings. The van der Waals surface area contributed by atoms with Gasteiger partial charge in [-0.2, -0.15) is 0 Å². The first-order valence-electron chi connectivity index (χ1n) is 7.50. The molecule has 1 unspecified atom stereocenters. The summed E-state index contributed by atoms with van der Waals surface area (Å²) >= 11 is 0. The minimum atomic E-state index is -0.278. The molecule has 0 spiro atoms. The van der Waals surface area contributed by atoms with Crippen LogP contribution in [0.1, 0.15) is 51.5 Å². The summed E-state index contributed by atoms with van der Waals surface area (Å²) < 4.78 is 12.9. The van der Waals surface area contributed by atoms with E-state index in [1.165, 1.54) is 17.7 Å². The van der Waals surface area contributed by atoms with Crippen molar-refractivity contribution in [3.05, 3.63) is 35.6 Å². The molecule has 1 aliphatic rings. The molecule has 0 heterocycles. The van der Waals surface area contributed by atoms with Crippen molar-refractivity contribution in [3.63, 3.8) is 0 Å². The van der Waals surface area contributed by atoms with Crippen LogP contribution >= 0.6 is 0 Å². The SMILES string of the molecule is CC(C)(C)CC(O)CNC1CC(c2ccc(F)cc2)C1. The molecule has 0 saturated heterocycles. The molecular formula is C17H26FNO. The summed E-state index contributed by atoms with van der Waals surface area (Å²) in [6, 6.07) is 7.31. The smallest absolute Gasteiger partial charge is 0.123 e. The second-order valence-corrected chi connectivity index (χ2v) is 7.24. The van der Waals surface area contributed by atoms with Crippen LogP contribution in [0, 0.1) is 11.2 Å². The van der Waals surface area contributed by atoms with E-state index in [2.05, 4.69) is 26.1 Å². The summed E-state index contributed by atoms with van der Waals surface area (Å²) in [5.74, 6) is 0.362. The van der Waals surface area contributed by atoms with Crippen molar-refractivity contribution in [1.29, 1.82) is 0 Å². The molecule has 1 saturated carbocycles. The van der Waals surface area contributed by atoms with Crippen LogP contribution in [0.3, 0.4) is 0 Å². The van der Waals surface area contributed by atoms with Crippen LogP contribution in [0.4, 0.5) is 4.39 Å². The predicted octanol–water partition coefficient (Wildman–Crippen LogP) is 3.46. The van der Waals surface area contributed by atoms with E-state index in [9.17, 15) is 9.50 Å². The Bertz CT molecular complexity index is 418. The normalized spacial score (nSPS) is 24.2. The van der Waals surface area contributed by atoms with Crippen molar-refractivity contribution in [2.45, 2.75) is 58.1 Å².